The van der Waals surface area contributed by atoms with Gasteiger partial charge in [0.25, 0.3) is 5.91 Å². The number of carbonyl (C=O) groups excluding carboxylic acids is 1. The van der Waals surface area contributed by atoms with E-state index in [-0.39, 0.29) is 17.5 Å². The number of para-hydroxylation sites is 1. The lowest BCUT2D eigenvalue weighted by atomic mass is 10.1. The molecule has 1 fully saturated rings. The highest BCUT2D eigenvalue weighted by atomic mass is 16.5. The van der Waals surface area contributed by atoms with Gasteiger partial charge in [-0.25, -0.2) is 0 Å². The monoisotopic (exact) mass is 352 g/mol. The SMILES string of the molecule is CCc1ccc(C2COCCN2C(=O)c2cc(=O)[nH]c3ccccc23)o1. The summed E-state index contributed by atoms with van der Waals surface area (Å²) in [6.07, 6.45) is 0.792. The molecule has 6 heteroatoms. The van der Waals surface area contributed by atoms with E-state index in [9.17, 15) is 9.59 Å². The number of morpholine rings is 1. The quantitative estimate of drug-likeness (QED) is 0.786. The Kier molecular flexibility index (Phi) is 4.34. The number of hydrogen-bond acceptors (Lipinski definition) is 4. The van der Waals surface area contributed by atoms with Gasteiger partial charge in [0.1, 0.15) is 17.6 Å². The highest BCUT2D eigenvalue weighted by Crippen LogP contribution is 2.29. The Balaban J connectivity index is 1.75. The molecule has 1 aliphatic heterocycles. The molecule has 1 aromatic carbocycles. The van der Waals surface area contributed by atoms with Gasteiger partial charge in [0, 0.05) is 29.9 Å². The molecular weight excluding hydrogens is 332 g/mol. The molecule has 26 heavy (non-hydrogen) atoms. The average Bonchev–Trinajstić information content (AvgIpc) is 3.16. The van der Waals surface area contributed by atoms with Crippen molar-refractivity contribution in [2.45, 2.75) is 19.4 Å². The zero-order valence-electron chi connectivity index (χ0n) is 14.5. The van der Waals surface area contributed by atoms with Gasteiger partial charge in [0.05, 0.1) is 18.8 Å². The van der Waals surface area contributed by atoms with Crippen LogP contribution >= 0.6 is 0 Å². The van der Waals surface area contributed by atoms with Gasteiger partial charge >= 0.3 is 0 Å². The van der Waals surface area contributed by atoms with Gasteiger partial charge in [-0.1, -0.05) is 25.1 Å². The molecule has 6 nitrogen and oxygen atoms in total. The number of aromatic nitrogens is 1. The molecule has 3 heterocycles. The molecule has 0 bridgehead atoms. The van der Waals surface area contributed by atoms with Crippen LogP contribution in [-0.2, 0) is 11.2 Å². The smallest absolute Gasteiger partial charge is 0.255 e. The van der Waals surface area contributed by atoms with E-state index in [1.54, 1.807) is 11.0 Å². The van der Waals surface area contributed by atoms with Crippen LogP contribution in [0.1, 0.15) is 34.8 Å². The number of benzene rings is 1. The summed E-state index contributed by atoms with van der Waals surface area (Å²) >= 11 is 0. The van der Waals surface area contributed by atoms with E-state index in [0.29, 0.717) is 36.6 Å². The Hall–Kier alpha value is -2.86. The zero-order chi connectivity index (χ0) is 18.1. The van der Waals surface area contributed by atoms with Crippen molar-refractivity contribution in [2.75, 3.05) is 19.8 Å². The van der Waals surface area contributed by atoms with Crippen molar-refractivity contribution in [3.05, 3.63) is 69.9 Å². The molecule has 4 rings (SSSR count). The summed E-state index contributed by atoms with van der Waals surface area (Å²) < 4.78 is 11.4. The maximum absolute atomic E-state index is 13.3. The molecular formula is C20H20N2O4. The Morgan fingerprint density at radius 1 is 1.27 bits per heavy atom. The summed E-state index contributed by atoms with van der Waals surface area (Å²) in [4.78, 5) is 29.8. The molecule has 134 valence electrons. The van der Waals surface area contributed by atoms with E-state index >= 15 is 0 Å². The van der Waals surface area contributed by atoms with Crippen molar-refractivity contribution in [3.8, 4) is 0 Å². The second kappa shape index (κ2) is 6.80. The first-order chi connectivity index (χ1) is 12.7. The number of furan rings is 1. The molecule has 0 saturated carbocycles. The summed E-state index contributed by atoms with van der Waals surface area (Å²) in [6.45, 7) is 3.31. The van der Waals surface area contributed by atoms with Crippen LogP contribution < -0.4 is 5.56 Å². The van der Waals surface area contributed by atoms with Crippen LogP contribution in [0.15, 0.2) is 51.7 Å². The Labute approximate surface area is 150 Å². The van der Waals surface area contributed by atoms with Gasteiger partial charge in [-0.3, -0.25) is 9.59 Å². The van der Waals surface area contributed by atoms with E-state index in [1.165, 1.54) is 6.07 Å². The number of rotatable bonds is 3. The molecule has 0 spiro atoms. The number of pyridine rings is 1. The molecule has 1 unspecified atom stereocenters. The fraction of sp³-hybridized carbons (Fsp3) is 0.300. The second-order valence-electron chi connectivity index (χ2n) is 6.34. The zero-order valence-corrected chi connectivity index (χ0v) is 14.5. The van der Waals surface area contributed by atoms with Crippen LogP contribution in [0.3, 0.4) is 0 Å². The van der Waals surface area contributed by atoms with Gasteiger partial charge in [-0.05, 0) is 18.2 Å². The lowest BCUT2D eigenvalue weighted by Crippen LogP contribution is -2.43. The summed E-state index contributed by atoms with van der Waals surface area (Å²) in [6, 6.07) is 12.2. The number of hydrogen-bond donors (Lipinski definition) is 1. The third kappa shape index (κ3) is 2.93. The summed E-state index contributed by atoms with van der Waals surface area (Å²) in [5.74, 6) is 1.40. The highest BCUT2D eigenvalue weighted by Gasteiger charge is 2.32. The van der Waals surface area contributed by atoms with Crippen molar-refractivity contribution in [3.63, 3.8) is 0 Å². The number of amides is 1. The molecule has 1 amide bonds. The molecule has 1 saturated heterocycles. The maximum Gasteiger partial charge on any atom is 0.255 e. The number of carbonyl (C=O) groups is 1. The summed E-state index contributed by atoms with van der Waals surface area (Å²) in [5, 5.41) is 0.732. The molecule has 0 radical (unpaired) electrons. The minimum absolute atomic E-state index is 0.185. The number of fused-ring (bicyclic) bond motifs is 1. The molecule has 1 N–H and O–H groups in total. The van der Waals surface area contributed by atoms with Crippen molar-refractivity contribution >= 4 is 16.8 Å². The second-order valence-corrected chi connectivity index (χ2v) is 6.34. The number of nitrogens with one attached hydrogen (secondary N) is 1. The molecule has 2 aromatic heterocycles. The molecule has 1 aliphatic rings. The van der Waals surface area contributed by atoms with Gasteiger partial charge in [0.15, 0.2) is 0 Å². The van der Waals surface area contributed by atoms with Crippen LogP contribution in [0.25, 0.3) is 10.9 Å². The van der Waals surface area contributed by atoms with Crippen molar-refractivity contribution in [1.82, 2.24) is 9.88 Å². The molecule has 1 atom stereocenters. The van der Waals surface area contributed by atoms with E-state index < -0.39 is 0 Å². The molecule has 0 aliphatic carbocycles. The van der Waals surface area contributed by atoms with Crippen molar-refractivity contribution < 1.29 is 13.9 Å². The first-order valence-corrected chi connectivity index (χ1v) is 8.76. The third-order valence-electron chi connectivity index (χ3n) is 4.73. The third-order valence-corrected chi connectivity index (χ3v) is 4.73. The van der Waals surface area contributed by atoms with Crippen molar-refractivity contribution in [1.29, 1.82) is 0 Å². The first kappa shape index (κ1) is 16.6. The Morgan fingerprint density at radius 3 is 2.92 bits per heavy atom. The van der Waals surface area contributed by atoms with E-state index in [0.717, 1.165) is 17.6 Å². The fourth-order valence-corrected chi connectivity index (χ4v) is 3.38. The number of H-pyrrole nitrogens is 1. The van der Waals surface area contributed by atoms with Crippen molar-refractivity contribution in [2.24, 2.45) is 0 Å². The van der Waals surface area contributed by atoms with Gasteiger partial charge in [0.2, 0.25) is 5.56 Å². The number of ether oxygens (including phenoxy) is 1. The van der Waals surface area contributed by atoms with Crippen LogP contribution in [0.4, 0.5) is 0 Å². The molecule has 3 aromatic rings. The topological polar surface area (TPSA) is 75.5 Å². The predicted molar refractivity (Wildman–Crippen MR) is 97.3 cm³/mol. The van der Waals surface area contributed by atoms with Crippen LogP contribution in [0.5, 0.6) is 0 Å². The van der Waals surface area contributed by atoms with Crippen LogP contribution in [0.2, 0.25) is 0 Å². The number of aryl methyl sites for hydroxylation is 1. The van der Waals surface area contributed by atoms with Crippen LogP contribution in [0, 0.1) is 0 Å². The predicted octanol–water partition coefficient (Wildman–Crippen LogP) is 2.90. The minimum atomic E-state index is -0.297. The average molecular weight is 352 g/mol. The largest absolute Gasteiger partial charge is 0.464 e. The van der Waals surface area contributed by atoms with Gasteiger partial charge < -0.3 is 19.0 Å². The van der Waals surface area contributed by atoms with E-state index in [4.69, 9.17) is 9.15 Å². The van der Waals surface area contributed by atoms with E-state index in [1.807, 2.05) is 37.3 Å². The first-order valence-electron chi connectivity index (χ1n) is 8.76. The lowest BCUT2D eigenvalue weighted by Gasteiger charge is -2.34. The number of aromatic amines is 1. The maximum atomic E-state index is 13.3. The summed E-state index contributed by atoms with van der Waals surface area (Å²) in [7, 11) is 0. The summed E-state index contributed by atoms with van der Waals surface area (Å²) in [5.41, 5.74) is 0.765. The van der Waals surface area contributed by atoms with E-state index in [2.05, 4.69) is 4.98 Å². The Morgan fingerprint density at radius 2 is 2.12 bits per heavy atom. The van der Waals surface area contributed by atoms with Gasteiger partial charge in [-0.2, -0.15) is 0 Å². The minimum Gasteiger partial charge on any atom is -0.464 e. The standard InChI is InChI=1S/C20H20N2O4/c1-2-13-7-8-18(26-13)17-12-25-10-9-22(17)20(24)15-11-19(23)21-16-6-4-3-5-14(15)16/h3-8,11,17H,2,9-10,12H2,1H3,(H,21,23). The van der Waals surface area contributed by atoms with Crippen LogP contribution in [-0.4, -0.2) is 35.5 Å². The highest BCUT2D eigenvalue weighted by molar-refractivity contribution is 6.06. The van der Waals surface area contributed by atoms with Gasteiger partial charge in [-0.15, -0.1) is 0 Å². The number of nitrogens with zero attached hydrogens (tertiary/aromatic N) is 1. The Bertz CT molecular complexity index is 1000. The lowest BCUT2D eigenvalue weighted by molar-refractivity contribution is -0.00891. The fourth-order valence-electron chi connectivity index (χ4n) is 3.38. The normalized spacial score (nSPS) is 17.6.